The van der Waals surface area contributed by atoms with E-state index in [1.807, 2.05) is 31.2 Å². The highest BCUT2D eigenvalue weighted by Crippen LogP contribution is 2.09. The smallest absolute Gasteiger partial charge is 0.168 e. The minimum Gasteiger partial charge on any atom is -0.376 e. The van der Waals surface area contributed by atoms with Gasteiger partial charge in [-0.3, -0.25) is 4.79 Å². The van der Waals surface area contributed by atoms with Crippen molar-refractivity contribution in [1.29, 1.82) is 0 Å². The third kappa shape index (κ3) is 2.90. The quantitative estimate of drug-likeness (QED) is 0.774. The summed E-state index contributed by atoms with van der Waals surface area (Å²) in [6, 6.07) is 7.99. The Morgan fingerprint density at radius 3 is 3.00 bits per heavy atom. The van der Waals surface area contributed by atoms with Crippen molar-refractivity contribution in [1.82, 2.24) is 0 Å². The highest BCUT2D eigenvalue weighted by molar-refractivity contribution is 5.85. The fraction of sp³-hybridized carbons (Fsp3) is 0.462. The van der Waals surface area contributed by atoms with Crippen LogP contribution in [0.15, 0.2) is 24.3 Å². The Morgan fingerprint density at radius 1 is 1.44 bits per heavy atom. The minimum atomic E-state index is -0.380. The molecule has 86 valence electrons. The molecule has 1 atom stereocenters. The first-order valence-electron chi connectivity index (χ1n) is 5.53. The Kier molecular flexibility index (Phi) is 3.70. The molecule has 0 amide bonds. The maximum absolute atomic E-state index is 11.9. The Morgan fingerprint density at radius 2 is 2.31 bits per heavy atom. The van der Waals surface area contributed by atoms with Gasteiger partial charge >= 0.3 is 0 Å². The molecule has 3 nitrogen and oxygen atoms in total. The third-order valence-corrected chi connectivity index (χ3v) is 2.64. The van der Waals surface area contributed by atoms with Gasteiger partial charge in [-0.2, -0.15) is 0 Å². The molecule has 0 spiro atoms. The van der Waals surface area contributed by atoms with Crippen LogP contribution in [0.5, 0.6) is 0 Å². The average molecular weight is 220 g/mol. The molecule has 3 heteroatoms. The van der Waals surface area contributed by atoms with Crippen molar-refractivity contribution in [3.63, 3.8) is 0 Å². The van der Waals surface area contributed by atoms with Gasteiger partial charge in [0, 0.05) is 6.42 Å². The van der Waals surface area contributed by atoms with E-state index < -0.39 is 0 Å². The van der Waals surface area contributed by atoms with Gasteiger partial charge in [-0.15, -0.1) is 0 Å². The van der Waals surface area contributed by atoms with E-state index in [9.17, 15) is 4.79 Å². The molecule has 1 aromatic carbocycles. The molecule has 1 aliphatic heterocycles. The van der Waals surface area contributed by atoms with Crippen LogP contribution in [0.3, 0.4) is 0 Å². The second kappa shape index (κ2) is 5.23. The van der Waals surface area contributed by atoms with Gasteiger partial charge in [-0.25, -0.2) is 0 Å². The predicted octanol–water partition coefficient (Wildman–Crippen LogP) is 1.52. The van der Waals surface area contributed by atoms with Gasteiger partial charge in [-0.05, 0) is 12.5 Å². The molecule has 1 saturated heterocycles. The minimum absolute atomic E-state index is 0.102. The standard InChI is InChI=1S/C13H16O3/c1-10-3-2-4-11(7-10)8-12(14)13-9-15-5-6-16-13/h2-4,7,13H,5-6,8-9H2,1H3. The highest BCUT2D eigenvalue weighted by Gasteiger charge is 2.22. The van der Waals surface area contributed by atoms with Crippen molar-refractivity contribution in [2.45, 2.75) is 19.4 Å². The second-order valence-electron chi connectivity index (χ2n) is 4.07. The topological polar surface area (TPSA) is 35.5 Å². The summed E-state index contributed by atoms with van der Waals surface area (Å²) in [6.45, 7) is 3.53. The summed E-state index contributed by atoms with van der Waals surface area (Å²) in [5.41, 5.74) is 2.21. The highest BCUT2D eigenvalue weighted by atomic mass is 16.6. The Balaban J connectivity index is 1.96. The Labute approximate surface area is 95.4 Å². The van der Waals surface area contributed by atoms with Crippen molar-refractivity contribution in [2.75, 3.05) is 19.8 Å². The predicted molar refractivity (Wildman–Crippen MR) is 60.4 cm³/mol. The molecular formula is C13H16O3. The van der Waals surface area contributed by atoms with E-state index >= 15 is 0 Å². The average Bonchev–Trinajstić information content (AvgIpc) is 2.30. The van der Waals surface area contributed by atoms with Gasteiger partial charge in [0.05, 0.1) is 19.8 Å². The summed E-state index contributed by atoms with van der Waals surface area (Å²) in [4.78, 5) is 11.9. The van der Waals surface area contributed by atoms with E-state index in [-0.39, 0.29) is 11.9 Å². The normalized spacial score (nSPS) is 20.7. The molecular weight excluding hydrogens is 204 g/mol. The molecule has 0 N–H and O–H groups in total. The number of ketones is 1. The first-order chi connectivity index (χ1) is 7.75. The zero-order valence-electron chi connectivity index (χ0n) is 9.44. The third-order valence-electron chi connectivity index (χ3n) is 2.64. The van der Waals surface area contributed by atoms with E-state index in [0.29, 0.717) is 26.2 Å². The molecule has 0 aromatic heterocycles. The summed E-state index contributed by atoms with van der Waals surface area (Å²) >= 11 is 0. The van der Waals surface area contributed by atoms with Gasteiger partial charge < -0.3 is 9.47 Å². The second-order valence-corrected chi connectivity index (χ2v) is 4.07. The molecule has 1 fully saturated rings. The summed E-state index contributed by atoms with van der Waals surface area (Å²) in [6.07, 6.45) is 0.0460. The van der Waals surface area contributed by atoms with Crippen LogP contribution in [0.2, 0.25) is 0 Å². The first-order valence-corrected chi connectivity index (χ1v) is 5.53. The summed E-state index contributed by atoms with van der Waals surface area (Å²) in [7, 11) is 0. The van der Waals surface area contributed by atoms with Crippen molar-refractivity contribution >= 4 is 5.78 Å². The largest absolute Gasteiger partial charge is 0.376 e. The van der Waals surface area contributed by atoms with Gasteiger partial charge in [0.15, 0.2) is 5.78 Å². The number of rotatable bonds is 3. The van der Waals surface area contributed by atoms with Crippen molar-refractivity contribution in [3.8, 4) is 0 Å². The molecule has 0 bridgehead atoms. The number of hydrogen-bond donors (Lipinski definition) is 0. The van der Waals surface area contributed by atoms with Crippen LogP contribution in [0.25, 0.3) is 0 Å². The molecule has 16 heavy (non-hydrogen) atoms. The number of ether oxygens (including phenoxy) is 2. The number of Topliss-reactive ketones (excluding diaryl/α,β-unsaturated/α-hetero) is 1. The lowest BCUT2D eigenvalue weighted by molar-refractivity contribution is -0.144. The zero-order valence-corrected chi connectivity index (χ0v) is 9.44. The molecule has 0 radical (unpaired) electrons. The van der Waals surface area contributed by atoms with E-state index in [2.05, 4.69) is 0 Å². The van der Waals surface area contributed by atoms with Gasteiger partial charge in [0.2, 0.25) is 0 Å². The van der Waals surface area contributed by atoms with Crippen LogP contribution >= 0.6 is 0 Å². The molecule has 1 heterocycles. The zero-order chi connectivity index (χ0) is 11.4. The summed E-state index contributed by atoms with van der Waals surface area (Å²) in [5.74, 6) is 0.102. The number of carbonyl (C=O) groups excluding carboxylic acids is 1. The number of benzene rings is 1. The van der Waals surface area contributed by atoms with Crippen molar-refractivity contribution in [3.05, 3.63) is 35.4 Å². The number of carbonyl (C=O) groups is 1. The van der Waals surface area contributed by atoms with Crippen LogP contribution in [0.1, 0.15) is 11.1 Å². The fourth-order valence-corrected chi connectivity index (χ4v) is 1.81. The van der Waals surface area contributed by atoms with Gasteiger partial charge in [0.25, 0.3) is 0 Å². The monoisotopic (exact) mass is 220 g/mol. The molecule has 1 aliphatic rings. The fourth-order valence-electron chi connectivity index (χ4n) is 1.81. The Hall–Kier alpha value is -1.19. The van der Waals surface area contributed by atoms with Crippen LogP contribution in [-0.2, 0) is 20.7 Å². The lowest BCUT2D eigenvalue weighted by Crippen LogP contribution is -2.36. The molecule has 1 aromatic rings. The van der Waals surface area contributed by atoms with Crippen molar-refractivity contribution in [2.24, 2.45) is 0 Å². The molecule has 0 aliphatic carbocycles. The SMILES string of the molecule is Cc1cccc(CC(=O)C2COCCO2)c1. The van der Waals surface area contributed by atoms with Gasteiger partial charge in [-0.1, -0.05) is 29.8 Å². The van der Waals surface area contributed by atoms with Crippen LogP contribution < -0.4 is 0 Å². The Bertz CT molecular complexity index is 367. The summed E-state index contributed by atoms with van der Waals surface area (Å²) in [5, 5.41) is 0. The van der Waals surface area contributed by atoms with E-state index in [4.69, 9.17) is 9.47 Å². The van der Waals surface area contributed by atoms with Crippen molar-refractivity contribution < 1.29 is 14.3 Å². The maximum Gasteiger partial charge on any atom is 0.168 e. The van der Waals surface area contributed by atoms with E-state index in [0.717, 1.165) is 5.56 Å². The van der Waals surface area contributed by atoms with E-state index in [1.54, 1.807) is 0 Å². The first kappa shape index (κ1) is 11.3. The molecule has 0 saturated carbocycles. The van der Waals surface area contributed by atoms with Crippen LogP contribution in [0.4, 0.5) is 0 Å². The summed E-state index contributed by atoms with van der Waals surface area (Å²) < 4.78 is 10.6. The molecule has 2 rings (SSSR count). The van der Waals surface area contributed by atoms with E-state index in [1.165, 1.54) is 5.56 Å². The molecule has 1 unspecified atom stereocenters. The van der Waals surface area contributed by atoms with Crippen LogP contribution in [0, 0.1) is 6.92 Å². The van der Waals surface area contributed by atoms with Crippen LogP contribution in [-0.4, -0.2) is 31.7 Å². The maximum atomic E-state index is 11.9. The lowest BCUT2D eigenvalue weighted by Gasteiger charge is -2.21. The lowest BCUT2D eigenvalue weighted by atomic mass is 10.0. The van der Waals surface area contributed by atoms with Gasteiger partial charge in [0.1, 0.15) is 6.10 Å². The number of aryl methyl sites for hydroxylation is 1. The number of hydrogen-bond acceptors (Lipinski definition) is 3.